The van der Waals surface area contributed by atoms with Crippen molar-refractivity contribution in [2.24, 2.45) is 0 Å². The lowest BCUT2D eigenvalue weighted by molar-refractivity contribution is -0.143. The molecule has 0 aromatic rings. The van der Waals surface area contributed by atoms with E-state index >= 15 is 0 Å². The van der Waals surface area contributed by atoms with Crippen LogP contribution in [0.3, 0.4) is 0 Å². The van der Waals surface area contributed by atoms with E-state index < -0.39 is 12.2 Å². The molecule has 0 aromatic heterocycles. The van der Waals surface area contributed by atoms with Crippen LogP contribution in [0.2, 0.25) is 0 Å². The summed E-state index contributed by atoms with van der Waals surface area (Å²) in [5, 5.41) is 20.4. The fourth-order valence-electron chi connectivity index (χ4n) is 3.09. The number of ether oxygens (including phenoxy) is 2. The zero-order chi connectivity index (χ0) is 17.1. The number of carbonyl (C=O) groups is 1. The van der Waals surface area contributed by atoms with Crippen molar-refractivity contribution in [2.45, 2.75) is 102 Å². The van der Waals surface area contributed by atoms with Gasteiger partial charge in [0.2, 0.25) is 0 Å². The van der Waals surface area contributed by atoms with Gasteiger partial charge in [-0.2, -0.15) is 0 Å². The topological polar surface area (TPSA) is 76.0 Å². The maximum Gasteiger partial charge on any atom is 0.305 e. The van der Waals surface area contributed by atoms with Crippen molar-refractivity contribution in [1.29, 1.82) is 0 Å². The molecule has 0 bridgehead atoms. The smallest absolute Gasteiger partial charge is 0.305 e. The van der Waals surface area contributed by atoms with E-state index in [9.17, 15) is 15.0 Å². The van der Waals surface area contributed by atoms with Gasteiger partial charge in [-0.05, 0) is 39.0 Å². The lowest BCUT2D eigenvalue weighted by Gasteiger charge is -2.22. The second-order valence-corrected chi connectivity index (χ2v) is 6.47. The highest BCUT2D eigenvalue weighted by Crippen LogP contribution is 2.28. The zero-order valence-corrected chi connectivity index (χ0v) is 14.7. The molecule has 1 heterocycles. The molecule has 0 spiro atoms. The number of unbranched alkanes of at least 4 members (excludes halogenated alkanes) is 3. The number of aliphatic hydroxyl groups excluding tert-OH is 2. The van der Waals surface area contributed by atoms with E-state index in [2.05, 4.69) is 6.92 Å². The van der Waals surface area contributed by atoms with E-state index in [1.807, 2.05) is 0 Å². The number of rotatable bonds is 12. The van der Waals surface area contributed by atoms with Gasteiger partial charge < -0.3 is 19.7 Å². The summed E-state index contributed by atoms with van der Waals surface area (Å²) < 4.78 is 10.7. The molecule has 1 aliphatic heterocycles. The first-order valence-corrected chi connectivity index (χ1v) is 9.25. The summed E-state index contributed by atoms with van der Waals surface area (Å²) in [6, 6.07) is 0. The first-order chi connectivity index (χ1) is 11.1. The molecular weight excluding hydrogens is 296 g/mol. The zero-order valence-electron chi connectivity index (χ0n) is 14.7. The van der Waals surface area contributed by atoms with E-state index in [0.717, 1.165) is 51.4 Å². The van der Waals surface area contributed by atoms with Gasteiger partial charge >= 0.3 is 5.97 Å². The van der Waals surface area contributed by atoms with Crippen LogP contribution in [0.25, 0.3) is 0 Å². The highest BCUT2D eigenvalue weighted by Gasteiger charge is 2.33. The molecule has 2 N–H and O–H groups in total. The van der Waals surface area contributed by atoms with Crippen LogP contribution in [0.1, 0.15) is 78.1 Å². The van der Waals surface area contributed by atoms with Gasteiger partial charge in [-0.3, -0.25) is 4.79 Å². The largest absolute Gasteiger partial charge is 0.466 e. The molecule has 23 heavy (non-hydrogen) atoms. The van der Waals surface area contributed by atoms with Crippen molar-refractivity contribution >= 4 is 5.97 Å². The average molecular weight is 330 g/mol. The number of carbonyl (C=O) groups excluding carboxylic acids is 1. The number of hydrogen-bond donors (Lipinski definition) is 2. The van der Waals surface area contributed by atoms with Crippen molar-refractivity contribution in [1.82, 2.24) is 0 Å². The molecule has 1 saturated heterocycles. The van der Waals surface area contributed by atoms with Crippen LogP contribution in [0.5, 0.6) is 0 Å². The molecule has 4 atom stereocenters. The van der Waals surface area contributed by atoms with Crippen LogP contribution in [0.4, 0.5) is 0 Å². The molecule has 136 valence electrons. The maximum atomic E-state index is 11.2. The Kier molecular flexibility index (Phi) is 10.5. The second kappa shape index (κ2) is 11.8. The van der Waals surface area contributed by atoms with E-state index in [4.69, 9.17) is 9.47 Å². The Morgan fingerprint density at radius 1 is 1.04 bits per heavy atom. The van der Waals surface area contributed by atoms with Crippen molar-refractivity contribution in [3.63, 3.8) is 0 Å². The van der Waals surface area contributed by atoms with Gasteiger partial charge in [-0.25, -0.2) is 0 Å². The lowest BCUT2D eigenvalue weighted by Crippen LogP contribution is -2.31. The fourth-order valence-corrected chi connectivity index (χ4v) is 3.09. The van der Waals surface area contributed by atoms with Crippen molar-refractivity contribution in [3.05, 3.63) is 0 Å². The minimum Gasteiger partial charge on any atom is -0.466 e. The summed E-state index contributed by atoms with van der Waals surface area (Å²) in [4.78, 5) is 11.2. The predicted molar refractivity (Wildman–Crippen MR) is 89.2 cm³/mol. The average Bonchev–Trinajstić information content (AvgIpc) is 3.02. The third-order valence-electron chi connectivity index (χ3n) is 4.48. The normalized spacial score (nSPS) is 23.7. The van der Waals surface area contributed by atoms with Crippen molar-refractivity contribution in [2.75, 3.05) is 6.61 Å². The Labute approximate surface area is 140 Å². The van der Waals surface area contributed by atoms with Gasteiger partial charge in [0.15, 0.2) is 0 Å². The highest BCUT2D eigenvalue weighted by molar-refractivity contribution is 5.69. The molecule has 1 rings (SSSR count). The summed E-state index contributed by atoms with van der Waals surface area (Å²) >= 11 is 0. The first kappa shape index (κ1) is 20.4. The summed E-state index contributed by atoms with van der Waals surface area (Å²) in [5.74, 6) is -0.172. The molecule has 0 aliphatic carbocycles. The van der Waals surface area contributed by atoms with Gasteiger partial charge in [-0.1, -0.05) is 32.6 Å². The molecule has 1 aliphatic rings. The van der Waals surface area contributed by atoms with Crippen LogP contribution in [-0.4, -0.2) is 47.2 Å². The van der Waals surface area contributed by atoms with Crippen LogP contribution < -0.4 is 0 Å². The van der Waals surface area contributed by atoms with Crippen molar-refractivity contribution in [3.8, 4) is 0 Å². The Bertz CT molecular complexity index is 321. The van der Waals surface area contributed by atoms with E-state index in [1.54, 1.807) is 6.92 Å². The standard InChI is InChI=1S/C18H34O5/c1-3-5-6-9-14(19)16-12-13-17(23-16)15(20)10-7-8-11-18(21)22-4-2/h14-17,19-20H,3-13H2,1-2H3/t14-,15-,16-,17-/m1/s1. The molecule has 0 amide bonds. The SMILES string of the molecule is CCCCC[C@@H](O)[C@H]1CC[C@H]([C@H](O)CCCCC(=O)OCC)O1. The lowest BCUT2D eigenvalue weighted by atomic mass is 10.0. The molecule has 0 saturated carbocycles. The molecular formula is C18H34O5. The monoisotopic (exact) mass is 330 g/mol. The summed E-state index contributed by atoms with van der Waals surface area (Å²) in [5.41, 5.74) is 0. The number of hydrogen-bond acceptors (Lipinski definition) is 5. The second-order valence-electron chi connectivity index (χ2n) is 6.47. The molecule has 5 nitrogen and oxygen atoms in total. The summed E-state index contributed by atoms with van der Waals surface area (Å²) in [7, 11) is 0. The third-order valence-corrected chi connectivity index (χ3v) is 4.48. The number of aliphatic hydroxyl groups is 2. The molecule has 0 radical (unpaired) electrons. The Morgan fingerprint density at radius 2 is 1.61 bits per heavy atom. The first-order valence-electron chi connectivity index (χ1n) is 9.25. The van der Waals surface area contributed by atoms with Gasteiger partial charge in [0, 0.05) is 6.42 Å². The molecule has 1 fully saturated rings. The molecule has 0 unspecified atom stereocenters. The summed E-state index contributed by atoms with van der Waals surface area (Å²) in [6.45, 7) is 4.36. The fraction of sp³-hybridized carbons (Fsp3) is 0.944. The highest BCUT2D eigenvalue weighted by atomic mass is 16.5. The minimum atomic E-state index is -0.509. The maximum absolute atomic E-state index is 11.2. The Morgan fingerprint density at radius 3 is 2.13 bits per heavy atom. The molecule has 5 heteroatoms. The Balaban J connectivity index is 2.15. The molecule has 0 aromatic carbocycles. The van der Waals surface area contributed by atoms with Crippen LogP contribution in [0.15, 0.2) is 0 Å². The van der Waals surface area contributed by atoms with E-state index in [-0.39, 0.29) is 18.2 Å². The summed E-state index contributed by atoms with van der Waals surface area (Å²) in [6.07, 6.45) is 7.01. The van der Waals surface area contributed by atoms with Gasteiger partial charge in [0.1, 0.15) is 0 Å². The van der Waals surface area contributed by atoms with Crippen molar-refractivity contribution < 1.29 is 24.5 Å². The van der Waals surface area contributed by atoms with E-state index in [0.29, 0.717) is 19.4 Å². The van der Waals surface area contributed by atoms with Crippen LogP contribution >= 0.6 is 0 Å². The van der Waals surface area contributed by atoms with Gasteiger partial charge in [0.25, 0.3) is 0 Å². The predicted octanol–water partition coefficient (Wildman–Crippen LogP) is 2.96. The minimum absolute atomic E-state index is 0.133. The van der Waals surface area contributed by atoms with Gasteiger partial charge in [0.05, 0.1) is 31.0 Å². The van der Waals surface area contributed by atoms with Crippen LogP contribution in [0, 0.1) is 0 Å². The third kappa shape index (κ3) is 8.13. The van der Waals surface area contributed by atoms with Gasteiger partial charge in [-0.15, -0.1) is 0 Å². The van der Waals surface area contributed by atoms with Crippen LogP contribution in [-0.2, 0) is 14.3 Å². The Hall–Kier alpha value is -0.650. The van der Waals surface area contributed by atoms with E-state index in [1.165, 1.54) is 0 Å². The number of esters is 1. The quantitative estimate of drug-likeness (QED) is 0.425.